The van der Waals surface area contributed by atoms with Crippen LogP contribution in [-0.2, 0) is 24.4 Å². The molecule has 0 radical (unpaired) electrons. The SMILES string of the molecule is COc1cccc(OCCc2ccc(CN3CCN(C(=O)C=Cc4ccc(Oc5ccc(OCc6ccc(F)cc6)cn5)c(Cl)c4)CC3)cc2)c1.Cl. The largest absolute Gasteiger partial charge is 0.497 e. The number of methoxy groups -OCH3 is 1. The van der Waals surface area contributed by atoms with Gasteiger partial charge in [-0.1, -0.05) is 60.1 Å². The molecule has 1 amide bonds. The van der Waals surface area contributed by atoms with Crippen molar-refractivity contribution in [2.75, 3.05) is 39.9 Å². The van der Waals surface area contributed by atoms with Crippen LogP contribution in [0.3, 0.4) is 0 Å². The van der Waals surface area contributed by atoms with Gasteiger partial charge in [0, 0.05) is 57.4 Å². The van der Waals surface area contributed by atoms with Gasteiger partial charge in [0.2, 0.25) is 11.8 Å². The highest BCUT2D eigenvalue weighted by Crippen LogP contribution is 2.30. The number of aromatic nitrogens is 1. The second kappa shape index (κ2) is 18.9. The Morgan fingerprint density at radius 3 is 2.27 bits per heavy atom. The smallest absolute Gasteiger partial charge is 0.246 e. The van der Waals surface area contributed by atoms with Gasteiger partial charge in [-0.05, 0) is 70.8 Å². The van der Waals surface area contributed by atoms with Crippen LogP contribution in [0, 0.1) is 5.82 Å². The lowest BCUT2D eigenvalue weighted by Gasteiger charge is -2.34. The summed E-state index contributed by atoms with van der Waals surface area (Å²) < 4.78 is 35.8. The first kappa shape index (κ1) is 38.1. The molecule has 0 aliphatic carbocycles. The Kier molecular flexibility index (Phi) is 13.9. The van der Waals surface area contributed by atoms with Crippen LogP contribution >= 0.6 is 24.0 Å². The van der Waals surface area contributed by atoms with Crippen LogP contribution in [0.25, 0.3) is 6.08 Å². The van der Waals surface area contributed by atoms with E-state index >= 15 is 0 Å². The predicted octanol–water partition coefficient (Wildman–Crippen LogP) is 8.65. The molecule has 0 bridgehead atoms. The highest BCUT2D eigenvalue weighted by Gasteiger charge is 2.20. The fourth-order valence-electron chi connectivity index (χ4n) is 5.52. The molecule has 1 aliphatic rings. The van der Waals surface area contributed by atoms with E-state index < -0.39 is 0 Å². The van der Waals surface area contributed by atoms with Gasteiger partial charge in [-0.2, -0.15) is 0 Å². The number of pyridine rings is 1. The van der Waals surface area contributed by atoms with Crippen LogP contribution in [0.2, 0.25) is 5.02 Å². The van der Waals surface area contributed by atoms with E-state index in [4.69, 9.17) is 30.5 Å². The van der Waals surface area contributed by atoms with E-state index in [1.165, 1.54) is 23.3 Å². The van der Waals surface area contributed by atoms with Gasteiger partial charge in [0.05, 0.1) is 24.9 Å². The summed E-state index contributed by atoms with van der Waals surface area (Å²) in [5.41, 5.74) is 4.10. The summed E-state index contributed by atoms with van der Waals surface area (Å²) >= 11 is 6.50. The molecule has 11 heteroatoms. The van der Waals surface area contributed by atoms with Crippen molar-refractivity contribution in [2.24, 2.45) is 0 Å². The molecule has 1 saturated heterocycles. The van der Waals surface area contributed by atoms with Crippen LogP contribution < -0.4 is 18.9 Å². The highest BCUT2D eigenvalue weighted by atomic mass is 35.5. The summed E-state index contributed by atoms with van der Waals surface area (Å²) in [4.78, 5) is 21.5. The molecule has 2 heterocycles. The van der Waals surface area contributed by atoms with Crippen molar-refractivity contribution < 1.29 is 28.1 Å². The number of hydrogen-bond acceptors (Lipinski definition) is 7. The Balaban J connectivity index is 0.00000523. The maximum absolute atomic E-state index is 13.1. The standard InChI is InChI=1S/C41H39ClFN3O5.ClH/c1-48-35-3-2-4-36(26-35)49-24-19-30-5-7-32(8-6-30)28-45-20-22-46(23-21-45)41(47)18-12-31-11-16-39(38(42)25-31)51-40-17-15-37(27-44-40)50-29-33-9-13-34(43)14-10-33;/h2-18,25-27H,19-24,28-29H2,1H3;1H. The molecular weight excluding hydrogens is 704 g/mol. The van der Waals surface area contributed by atoms with E-state index in [0.29, 0.717) is 48.7 Å². The minimum atomic E-state index is -0.289. The predicted molar refractivity (Wildman–Crippen MR) is 203 cm³/mol. The summed E-state index contributed by atoms with van der Waals surface area (Å²) in [5.74, 6) is 2.61. The van der Waals surface area contributed by atoms with Crippen molar-refractivity contribution in [3.05, 3.63) is 148 Å². The number of benzene rings is 4. The Labute approximate surface area is 314 Å². The van der Waals surface area contributed by atoms with Gasteiger partial charge in [-0.15, -0.1) is 12.4 Å². The lowest BCUT2D eigenvalue weighted by atomic mass is 10.1. The number of halogens is 3. The quantitative estimate of drug-likeness (QED) is 0.105. The van der Waals surface area contributed by atoms with E-state index in [0.717, 1.165) is 48.7 Å². The maximum Gasteiger partial charge on any atom is 0.246 e. The van der Waals surface area contributed by atoms with Crippen molar-refractivity contribution in [3.63, 3.8) is 0 Å². The monoisotopic (exact) mass is 743 g/mol. The van der Waals surface area contributed by atoms with Crippen molar-refractivity contribution in [3.8, 4) is 28.9 Å². The minimum Gasteiger partial charge on any atom is -0.497 e. The maximum atomic E-state index is 13.1. The van der Waals surface area contributed by atoms with Gasteiger partial charge in [-0.25, -0.2) is 9.37 Å². The molecular formula is C41H40Cl2FN3O5. The summed E-state index contributed by atoms with van der Waals surface area (Å²) in [6, 6.07) is 31.2. The van der Waals surface area contributed by atoms with Crippen molar-refractivity contribution in [1.29, 1.82) is 0 Å². The molecule has 1 aliphatic heterocycles. The first-order valence-electron chi connectivity index (χ1n) is 16.7. The highest BCUT2D eigenvalue weighted by molar-refractivity contribution is 6.32. The Morgan fingerprint density at radius 2 is 1.56 bits per heavy atom. The molecule has 0 spiro atoms. The number of nitrogens with zero attached hydrogens (tertiary/aromatic N) is 3. The fraction of sp³-hybridized carbons (Fsp3) is 0.220. The van der Waals surface area contributed by atoms with Crippen LogP contribution in [0.4, 0.5) is 4.39 Å². The van der Waals surface area contributed by atoms with Gasteiger partial charge in [0.1, 0.15) is 35.4 Å². The molecule has 0 N–H and O–H groups in total. The topological polar surface area (TPSA) is 73.4 Å². The number of ether oxygens (including phenoxy) is 4. The lowest BCUT2D eigenvalue weighted by Crippen LogP contribution is -2.47. The van der Waals surface area contributed by atoms with E-state index in [-0.39, 0.29) is 24.1 Å². The number of amides is 1. The van der Waals surface area contributed by atoms with Crippen LogP contribution in [0.15, 0.2) is 115 Å². The summed E-state index contributed by atoms with van der Waals surface area (Å²) in [7, 11) is 1.65. The number of carbonyl (C=O) groups excluding carboxylic acids is 1. The van der Waals surface area contributed by atoms with Gasteiger partial charge >= 0.3 is 0 Å². The van der Waals surface area contributed by atoms with Gasteiger partial charge in [-0.3, -0.25) is 9.69 Å². The van der Waals surface area contributed by atoms with Gasteiger partial charge in [0.15, 0.2) is 0 Å². The number of piperazine rings is 1. The molecule has 0 atom stereocenters. The van der Waals surface area contributed by atoms with Crippen LogP contribution in [0.1, 0.15) is 22.3 Å². The van der Waals surface area contributed by atoms with E-state index in [9.17, 15) is 9.18 Å². The summed E-state index contributed by atoms with van der Waals surface area (Å²) in [6.45, 7) is 4.68. The molecule has 1 fully saturated rings. The zero-order valence-electron chi connectivity index (χ0n) is 28.8. The third-order valence-corrected chi connectivity index (χ3v) is 8.73. The number of hydrogen-bond donors (Lipinski definition) is 0. The fourth-order valence-corrected chi connectivity index (χ4v) is 5.75. The lowest BCUT2D eigenvalue weighted by molar-refractivity contribution is -0.127. The third-order valence-electron chi connectivity index (χ3n) is 8.43. The van der Waals surface area contributed by atoms with Crippen molar-refractivity contribution in [1.82, 2.24) is 14.8 Å². The molecule has 0 unspecified atom stereocenters. The minimum absolute atomic E-state index is 0. The first-order chi connectivity index (χ1) is 24.9. The van der Waals surface area contributed by atoms with Crippen LogP contribution in [0.5, 0.6) is 28.9 Å². The summed E-state index contributed by atoms with van der Waals surface area (Å²) in [5, 5.41) is 0.395. The average molecular weight is 745 g/mol. The zero-order chi connectivity index (χ0) is 35.4. The Bertz CT molecular complexity index is 1920. The second-order valence-corrected chi connectivity index (χ2v) is 12.5. The Hall–Kier alpha value is -5.09. The number of rotatable bonds is 14. The van der Waals surface area contributed by atoms with E-state index in [1.807, 2.05) is 35.2 Å². The second-order valence-electron chi connectivity index (χ2n) is 12.1. The van der Waals surface area contributed by atoms with Crippen LogP contribution in [-0.4, -0.2) is 60.6 Å². The molecule has 5 aromatic rings. The molecule has 6 rings (SSSR count). The van der Waals surface area contributed by atoms with E-state index in [1.54, 1.807) is 61.9 Å². The number of carbonyl (C=O) groups is 1. The Morgan fingerprint density at radius 1 is 0.827 bits per heavy atom. The molecule has 52 heavy (non-hydrogen) atoms. The third kappa shape index (κ3) is 11.2. The molecule has 270 valence electrons. The molecule has 8 nitrogen and oxygen atoms in total. The zero-order valence-corrected chi connectivity index (χ0v) is 30.3. The van der Waals surface area contributed by atoms with Crippen molar-refractivity contribution in [2.45, 2.75) is 19.6 Å². The molecule has 1 aromatic heterocycles. The van der Waals surface area contributed by atoms with Gasteiger partial charge in [0.25, 0.3) is 0 Å². The average Bonchev–Trinajstić information content (AvgIpc) is 3.16. The van der Waals surface area contributed by atoms with Crippen molar-refractivity contribution >= 4 is 36.0 Å². The normalized spacial score (nSPS) is 13.0. The van der Waals surface area contributed by atoms with Gasteiger partial charge < -0.3 is 23.8 Å². The molecule has 4 aromatic carbocycles. The van der Waals surface area contributed by atoms with E-state index in [2.05, 4.69) is 34.1 Å². The summed E-state index contributed by atoms with van der Waals surface area (Å²) in [6.07, 6.45) is 5.72. The molecule has 0 saturated carbocycles. The first-order valence-corrected chi connectivity index (χ1v) is 17.1.